The van der Waals surface area contributed by atoms with Crippen LogP contribution in [0.4, 0.5) is 17.2 Å². The monoisotopic (exact) mass is 789 g/mol. The summed E-state index contributed by atoms with van der Waals surface area (Å²) in [5.41, 5.74) is 6.54. The molecule has 1 atom stereocenters. The lowest BCUT2D eigenvalue weighted by atomic mass is 9.99. The molecule has 0 fully saturated rings. The van der Waals surface area contributed by atoms with E-state index in [0.717, 1.165) is 41.6 Å². The number of anilines is 3. The second-order valence-corrected chi connectivity index (χ2v) is 16.4. The number of para-hydroxylation sites is 1. The van der Waals surface area contributed by atoms with Gasteiger partial charge < -0.3 is 39.5 Å². The van der Waals surface area contributed by atoms with E-state index in [0.29, 0.717) is 41.4 Å². The molecule has 2 aliphatic rings. The van der Waals surface area contributed by atoms with Crippen LogP contribution < -0.4 is 30.3 Å². The average Bonchev–Trinajstić information content (AvgIpc) is 3.85. The Bertz CT molecular complexity index is 2340. The highest BCUT2D eigenvalue weighted by Crippen LogP contribution is 2.40. The first kappa shape index (κ1) is 39.2. The number of carbonyl (C=O) groups is 4. The Kier molecular flexibility index (Phi) is 11.2. The number of methoxy groups -OCH3 is 1. The van der Waals surface area contributed by atoms with Gasteiger partial charge in [-0.25, -0.2) is 4.98 Å². The molecule has 296 valence electrons. The Labute approximate surface area is 337 Å². The number of fused-ring (bicyclic) bond motifs is 4. The number of aromatic nitrogens is 3. The van der Waals surface area contributed by atoms with Crippen molar-refractivity contribution in [3.05, 3.63) is 107 Å². The van der Waals surface area contributed by atoms with Gasteiger partial charge in [0.05, 0.1) is 13.7 Å². The number of hydrogen-bond donors (Lipinski definition) is 4. The molecular weight excluding hydrogens is 743 g/mol. The van der Waals surface area contributed by atoms with Crippen LogP contribution in [0.25, 0.3) is 11.1 Å². The summed E-state index contributed by atoms with van der Waals surface area (Å²) in [6.45, 7) is 4.55. The van der Waals surface area contributed by atoms with Gasteiger partial charge in [-0.05, 0) is 92.6 Å². The summed E-state index contributed by atoms with van der Waals surface area (Å²) in [5.74, 6) is 0.459. The van der Waals surface area contributed by atoms with Crippen LogP contribution in [0, 0.1) is 0 Å². The van der Waals surface area contributed by atoms with Crippen molar-refractivity contribution >= 4 is 53.5 Å². The highest BCUT2D eigenvalue weighted by atomic mass is 32.1. The fourth-order valence-electron chi connectivity index (χ4n) is 7.32. The van der Waals surface area contributed by atoms with Gasteiger partial charge in [0.1, 0.15) is 5.69 Å². The predicted molar refractivity (Wildman–Crippen MR) is 223 cm³/mol. The summed E-state index contributed by atoms with van der Waals surface area (Å²) in [6.07, 6.45) is 6.47. The number of aryl methyl sites for hydroxylation is 3. The van der Waals surface area contributed by atoms with E-state index >= 15 is 0 Å². The summed E-state index contributed by atoms with van der Waals surface area (Å²) in [5, 5.41) is 8.54. The number of nitrogens with zero attached hydrogens (tertiary/aromatic N) is 4. The number of benzene rings is 3. The number of carbonyl (C=O) groups excluding carboxylic acids is 4. The van der Waals surface area contributed by atoms with E-state index in [4.69, 9.17) is 9.47 Å². The second kappa shape index (κ2) is 16.2. The van der Waals surface area contributed by atoms with E-state index in [9.17, 15) is 19.2 Å². The fraction of sp³-hybridized carbons (Fsp3) is 0.326. The maximum absolute atomic E-state index is 13.7. The van der Waals surface area contributed by atoms with Crippen molar-refractivity contribution in [1.29, 1.82) is 0 Å². The Morgan fingerprint density at radius 2 is 1.68 bits per heavy atom. The highest BCUT2D eigenvalue weighted by molar-refractivity contribution is 7.81. The molecule has 4 heterocycles. The van der Waals surface area contributed by atoms with Crippen LogP contribution >= 0.6 is 12.6 Å². The van der Waals surface area contributed by atoms with Crippen molar-refractivity contribution in [1.82, 2.24) is 19.4 Å². The van der Waals surface area contributed by atoms with Crippen molar-refractivity contribution in [2.24, 2.45) is 14.1 Å². The van der Waals surface area contributed by atoms with Gasteiger partial charge in [0.2, 0.25) is 11.7 Å². The second-order valence-electron chi connectivity index (χ2n) is 15.2. The third-order valence-corrected chi connectivity index (χ3v) is 10.4. The molecule has 0 saturated carbocycles. The van der Waals surface area contributed by atoms with E-state index < -0.39 is 5.91 Å². The minimum absolute atomic E-state index is 0.0283. The van der Waals surface area contributed by atoms with Gasteiger partial charge in [-0.15, -0.1) is 0 Å². The van der Waals surface area contributed by atoms with Gasteiger partial charge in [-0.3, -0.25) is 19.2 Å². The fourth-order valence-corrected chi connectivity index (χ4v) is 7.40. The van der Waals surface area contributed by atoms with Gasteiger partial charge in [-0.1, -0.05) is 30.3 Å². The smallest absolute Gasteiger partial charge is 0.291 e. The van der Waals surface area contributed by atoms with Crippen LogP contribution in [0.15, 0.2) is 79.1 Å². The molecule has 0 unspecified atom stereocenters. The van der Waals surface area contributed by atoms with Crippen LogP contribution in [-0.4, -0.2) is 68.8 Å². The van der Waals surface area contributed by atoms with Crippen molar-refractivity contribution < 1.29 is 28.7 Å². The predicted octanol–water partition coefficient (Wildman–Crippen LogP) is 6.44. The maximum Gasteiger partial charge on any atom is 0.291 e. The molecule has 14 heteroatoms. The Morgan fingerprint density at radius 1 is 0.912 bits per heavy atom. The molecule has 3 N–H and O–H groups in total. The average molecular weight is 790 g/mol. The minimum atomic E-state index is -0.438. The van der Waals surface area contributed by atoms with Crippen molar-refractivity contribution in [2.75, 3.05) is 35.8 Å². The Balaban J connectivity index is 0.900. The number of ether oxygens (including phenoxy) is 2. The van der Waals surface area contributed by atoms with Gasteiger partial charge in [0.25, 0.3) is 17.7 Å². The summed E-state index contributed by atoms with van der Waals surface area (Å²) in [4.78, 5) is 58.8. The first-order chi connectivity index (χ1) is 27.3. The van der Waals surface area contributed by atoms with E-state index in [1.165, 1.54) is 5.56 Å². The standard InChI is InChI=1S/C43H47N7O6S/c1-43(2,57)25-44-40(52)34-20-29(23-48(34)3)26-12-15-30(16-13-26)45-41(53)39-47-37(24-49(39)4)46-38(51)11-8-18-56-36-21-27-14-17-31-19-28-9-6-7-10-33(28)50(31)42(54)32(27)22-35(36)55-5/h6-7,9-10,12-13,15-16,20-24,31,57H,8,11,14,17-19,25H2,1-5H3,(H,44,52)(H,45,53)(H,46,51)/t31-/m1/s1. The summed E-state index contributed by atoms with van der Waals surface area (Å²) in [7, 11) is 5.05. The molecule has 4 amide bonds. The van der Waals surface area contributed by atoms with Gasteiger partial charge in [0, 0.05) is 72.7 Å². The number of imidazole rings is 1. The van der Waals surface area contributed by atoms with E-state index in [1.807, 2.05) is 74.5 Å². The highest BCUT2D eigenvalue weighted by Gasteiger charge is 2.37. The number of thiol groups is 1. The first-order valence-electron chi connectivity index (χ1n) is 18.9. The summed E-state index contributed by atoms with van der Waals surface area (Å²) >= 11 is 4.47. The molecule has 0 aliphatic carbocycles. The third kappa shape index (κ3) is 8.70. The molecule has 0 radical (unpaired) electrons. The number of rotatable bonds is 13. The van der Waals surface area contributed by atoms with E-state index in [1.54, 1.807) is 47.7 Å². The number of nitrogens with one attached hydrogen (secondary N) is 3. The molecule has 3 aromatic carbocycles. The Morgan fingerprint density at radius 3 is 2.44 bits per heavy atom. The van der Waals surface area contributed by atoms with Crippen LogP contribution in [0.3, 0.4) is 0 Å². The molecule has 0 bridgehead atoms. The summed E-state index contributed by atoms with van der Waals surface area (Å²) in [6, 6.07) is 21.0. The summed E-state index contributed by atoms with van der Waals surface area (Å²) < 4.78 is 14.7. The Hall–Kier alpha value is -6.02. The zero-order valence-corrected chi connectivity index (χ0v) is 33.6. The molecule has 2 aromatic heterocycles. The lowest BCUT2D eigenvalue weighted by molar-refractivity contribution is -0.116. The quantitative estimate of drug-likeness (QED) is 0.0793. The zero-order chi connectivity index (χ0) is 40.4. The molecular formula is C43H47N7O6S. The minimum Gasteiger partial charge on any atom is -0.493 e. The van der Waals surface area contributed by atoms with Crippen LogP contribution in [0.1, 0.15) is 75.7 Å². The van der Waals surface area contributed by atoms with Crippen molar-refractivity contribution in [3.8, 4) is 22.6 Å². The zero-order valence-electron chi connectivity index (χ0n) is 32.7. The molecule has 5 aromatic rings. The molecule has 2 aliphatic heterocycles. The van der Waals surface area contributed by atoms with Crippen LogP contribution in [0.5, 0.6) is 11.5 Å². The van der Waals surface area contributed by atoms with Crippen LogP contribution in [0.2, 0.25) is 0 Å². The molecule has 57 heavy (non-hydrogen) atoms. The molecule has 13 nitrogen and oxygen atoms in total. The van der Waals surface area contributed by atoms with Crippen molar-refractivity contribution in [2.45, 2.75) is 56.7 Å². The van der Waals surface area contributed by atoms with Gasteiger partial charge in [-0.2, -0.15) is 12.6 Å². The topological polar surface area (TPSA) is 149 Å². The normalized spacial score (nSPS) is 14.6. The van der Waals surface area contributed by atoms with E-state index in [2.05, 4.69) is 39.6 Å². The van der Waals surface area contributed by atoms with Gasteiger partial charge in [0.15, 0.2) is 17.3 Å². The molecule has 7 rings (SSSR count). The first-order valence-corrected chi connectivity index (χ1v) is 19.4. The van der Waals surface area contributed by atoms with E-state index in [-0.39, 0.29) is 53.2 Å². The molecule has 0 spiro atoms. The van der Waals surface area contributed by atoms with Crippen LogP contribution in [-0.2, 0) is 31.7 Å². The largest absolute Gasteiger partial charge is 0.493 e. The lowest BCUT2D eigenvalue weighted by Gasteiger charge is -2.23. The SMILES string of the molecule is COc1cc2c(cc1OCCCC(=O)Nc1cn(C)c(C(=O)Nc3ccc(-c4cc(C(=O)NCC(C)(C)S)n(C)c4)cc3)n1)CC[C@@H]1Cc3ccccc3N1C2=O. The third-order valence-electron chi connectivity index (χ3n) is 10.2. The van der Waals surface area contributed by atoms with Gasteiger partial charge >= 0.3 is 0 Å². The lowest BCUT2D eigenvalue weighted by Crippen LogP contribution is -2.36. The maximum atomic E-state index is 13.7. The number of amides is 4. The molecule has 0 saturated heterocycles. The number of hydrogen-bond acceptors (Lipinski definition) is 8. The van der Waals surface area contributed by atoms with Crippen molar-refractivity contribution in [3.63, 3.8) is 0 Å².